The third kappa shape index (κ3) is 15.0. The van der Waals surface area contributed by atoms with E-state index in [1.165, 1.54) is 32.0 Å². The van der Waals surface area contributed by atoms with Crippen LogP contribution in [0.1, 0.15) is 60.3 Å². The molecule has 1 aliphatic carbocycles. The molecule has 0 radical (unpaired) electrons. The van der Waals surface area contributed by atoms with Gasteiger partial charge < -0.3 is 21.1 Å². The van der Waals surface area contributed by atoms with Gasteiger partial charge in [-0.15, -0.1) is 0 Å². The molecule has 2 rings (SSSR count). The van der Waals surface area contributed by atoms with Crippen LogP contribution in [0.4, 0.5) is 0 Å². The zero-order valence-electron chi connectivity index (χ0n) is 22.0. The molecule has 0 spiro atoms. The summed E-state index contributed by atoms with van der Waals surface area (Å²) in [6, 6.07) is 0.690. The summed E-state index contributed by atoms with van der Waals surface area (Å²) in [6.45, 7) is 13.0. The summed E-state index contributed by atoms with van der Waals surface area (Å²) in [5.74, 6) is 0. The summed E-state index contributed by atoms with van der Waals surface area (Å²) in [6.07, 6.45) is 19.3. The van der Waals surface area contributed by atoms with E-state index in [0.29, 0.717) is 6.04 Å². The maximum atomic E-state index is 6.07. The van der Waals surface area contributed by atoms with Crippen LogP contribution >= 0.6 is 0 Å². The van der Waals surface area contributed by atoms with Crippen molar-refractivity contribution in [3.05, 3.63) is 59.4 Å². The van der Waals surface area contributed by atoms with Crippen molar-refractivity contribution in [2.75, 3.05) is 40.9 Å². The second kappa shape index (κ2) is 22.3. The molecule has 1 heterocycles. The number of likely N-dealkylation sites (N-methyl/N-ethyl adjacent to an activating group) is 1. The minimum absolute atomic E-state index is 0.690. The van der Waals surface area contributed by atoms with Gasteiger partial charge in [-0.25, -0.2) is 0 Å². The summed E-state index contributed by atoms with van der Waals surface area (Å²) in [5.41, 5.74) is 14.7. The summed E-state index contributed by atoms with van der Waals surface area (Å²) in [4.78, 5) is 6.90. The Kier molecular flexibility index (Phi) is 22.4. The van der Waals surface area contributed by atoms with Crippen LogP contribution in [0.2, 0.25) is 0 Å². The van der Waals surface area contributed by atoms with E-state index in [0.717, 1.165) is 43.0 Å². The number of nitrogens with two attached hydrogens (primary N) is 2. The lowest BCUT2D eigenvalue weighted by atomic mass is 10.1. The fourth-order valence-corrected chi connectivity index (χ4v) is 3.07. The molecular formula is C27H50N4O. The maximum absolute atomic E-state index is 6.07. The van der Waals surface area contributed by atoms with E-state index in [1.807, 2.05) is 33.8 Å². The van der Waals surface area contributed by atoms with E-state index in [1.54, 1.807) is 7.11 Å². The number of nitrogens with zero attached hydrogens (tertiary/aromatic N) is 2. The lowest BCUT2D eigenvalue weighted by molar-refractivity contribution is 0.129. The van der Waals surface area contributed by atoms with Gasteiger partial charge in [0.05, 0.1) is 24.6 Å². The van der Waals surface area contributed by atoms with Crippen LogP contribution in [0.15, 0.2) is 64.4 Å². The Bertz CT molecular complexity index is 642. The quantitative estimate of drug-likeness (QED) is 0.386. The molecule has 0 aromatic rings. The van der Waals surface area contributed by atoms with Gasteiger partial charge in [0.15, 0.2) is 0 Å². The summed E-state index contributed by atoms with van der Waals surface area (Å²) in [7, 11) is 5.43. The normalized spacial score (nSPS) is 19.0. The molecule has 0 saturated carbocycles. The number of allylic oxidation sites excluding steroid dienone is 9. The predicted molar refractivity (Wildman–Crippen MR) is 144 cm³/mol. The second-order valence-corrected chi connectivity index (χ2v) is 7.29. The van der Waals surface area contributed by atoms with Gasteiger partial charge in [-0.1, -0.05) is 57.2 Å². The standard InChI is InChI=1S/C17H24N2.C7H15NO.C2H6.CH5N/c1-4-6-9-15(5-2)12-17(18)14(3)19-13-16-10-7-8-11-16;1-8-5-3-4-7(8)6-9-2;2*1-2/h5-10,12H,4,11,13,18H2,1-3H3;7H,3-6H2,1-2H3;1-2H3;2H2,1H3/b9-6-,15-5-,17-12+,19-14?;;;. The Balaban J connectivity index is 0. The summed E-state index contributed by atoms with van der Waals surface area (Å²) < 4.78 is 5.05. The van der Waals surface area contributed by atoms with Gasteiger partial charge in [0.1, 0.15) is 0 Å². The molecule has 4 N–H and O–H groups in total. The van der Waals surface area contributed by atoms with E-state index >= 15 is 0 Å². The number of rotatable bonds is 8. The van der Waals surface area contributed by atoms with Crippen LogP contribution in [-0.4, -0.2) is 57.6 Å². The van der Waals surface area contributed by atoms with Gasteiger partial charge in [0.2, 0.25) is 0 Å². The predicted octanol–water partition coefficient (Wildman–Crippen LogP) is 5.42. The maximum Gasteiger partial charge on any atom is 0.0617 e. The molecule has 5 heteroatoms. The Hall–Kier alpha value is -1.95. The van der Waals surface area contributed by atoms with Crippen molar-refractivity contribution in [1.82, 2.24) is 4.90 Å². The average Bonchev–Trinajstić information content (AvgIpc) is 3.50. The van der Waals surface area contributed by atoms with Crippen molar-refractivity contribution in [2.45, 2.75) is 66.3 Å². The topological polar surface area (TPSA) is 76.9 Å². The van der Waals surface area contributed by atoms with Gasteiger partial charge in [0.25, 0.3) is 0 Å². The van der Waals surface area contributed by atoms with Gasteiger partial charge in [-0.05, 0) is 77.4 Å². The fourth-order valence-electron chi connectivity index (χ4n) is 3.07. The van der Waals surface area contributed by atoms with Crippen molar-refractivity contribution >= 4 is 5.71 Å². The molecule has 0 bridgehead atoms. The van der Waals surface area contributed by atoms with Crippen molar-refractivity contribution in [1.29, 1.82) is 0 Å². The van der Waals surface area contributed by atoms with Crippen LogP contribution in [0, 0.1) is 0 Å². The van der Waals surface area contributed by atoms with E-state index in [9.17, 15) is 0 Å². The smallest absolute Gasteiger partial charge is 0.0617 e. The highest BCUT2D eigenvalue weighted by molar-refractivity contribution is 5.97. The molecular weight excluding hydrogens is 396 g/mol. The molecule has 1 unspecified atom stereocenters. The molecule has 1 fully saturated rings. The molecule has 5 nitrogen and oxygen atoms in total. The lowest BCUT2D eigenvalue weighted by Gasteiger charge is -2.17. The highest BCUT2D eigenvalue weighted by Gasteiger charge is 2.19. The molecule has 0 amide bonds. The number of ether oxygens (including phenoxy) is 1. The fraction of sp³-hybridized carbons (Fsp3) is 0.593. The Morgan fingerprint density at radius 3 is 2.47 bits per heavy atom. The number of hydrogen-bond acceptors (Lipinski definition) is 5. The minimum atomic E-state index is 0.690. The van der Waals surface area contributed by atoms with Crippen molar-refractivity contribution in [3.63, 3.8) is 0 Å². The van der Waals surface area contributed by atoms with Crippen molar-refractivity contribution in [2.24, 2.45) is 16.5 Å². The van der Waals surface area contributed by atoms with Crippen molar-refractivity contribution < 1.29 is 4.74 Å². The summed E-state index contributed by atoms with van der Waals surface area (Å²) in [5, 5.41) is 0. The lowest BCUT2D eigenvalue weighted by Crippen LogP contribution is -2.28. The Morgan fingerprint density at radius 1 is 1.31 bits per heavy atom. The molecule has 1 aliphatic heterocycles. The number of hydrogen-bond donors (Lipinski definition) is 2. The van der Waals surface area contributed by atoms with Crippen LogP contribution in [-0.2, 0) is 4.74 Å². The number of methoxy groups -OCH3 is 1. The van der Waals surface area contributed by atoms with E-state index in [2.05, 4.69) is 66.1 Å². The summed E-state index contributed by atoms with van der Waals surface area (Å²) >= 11 is 0. The van der Waals surface area contributed by atoms with Crippen molar-refractivity contribution in [3.8, 4) is 0 Å². The van der Waals surface area contributed by atoms with Gasteiger partial charge in [-0.3, -0.25) is 4.99 Å². The van der Waals surface area contributed by atoms with Gasteiger partial charge >= 0.3 is 0 Å². The zero-order chi connectivity index (χ0) is 24.8. The average molecular weight is 447 g/mol. The number of likely N-dealkylation sites (tertiary alicyclic amines) is 1. The first-order chi connectivity index (χ1) is 15.5. The van der Waals surface area contributed by atoms with E-state index in [4.69, 9.17) is 10.5 Å². The third-order valence-corrected chi connectivity index (χ3v) is 5.02. The second-order valence-electron chi connectivity index (χ2n) is 7.29. The molecule has 184 valence electrons. The molecule has 2 aliphatic rings. The molecule has 1 atom stereocenters. The first-order valence-corrected chi connectivity index (χ1v) is 11.9. The highest BCUT2D eigenvalue weighted by atomic mass is 16.5. The molecule has 0 aromatic carbocycles. The molecule has 1 saturated heterocycles. The zero-order valence-corrected chi connectivity index (χ0v) is 22.0. The Labute approximate surface area is 198 Å². The largest absolute Gasteiger partial charge is 0.397 e. The SMILES string of the molecule is C/C=C(/C=C\CC)\C=C(\N)C(C)=NCC1=CC=CC1.CC.CN.COCC1CCCN1C. The van der Waals surface area contributed by atoms with Crippen LogP contribution < -0.4 is 11.5 Å². The first-order valence-electron chi connectivity index (χ1n) is 11.9. The molecule has 32 heavy (non-hydrogen) atoms. The highest BCUT2D eigenvalue weighted by Crippen LogP contribution is 2.14. The van der Waals surface area contributed by atoms with E-state index in [-0.39, 0.29) is 0 Å². The van der Waals surface area contributed by atoms with Gasteiger partial charge in [0, 0.05) is 13.2 Å². The molecule has 0 aromatic heterocycles. The van der Waals surface area contributed by atoms with Gasteiger partial charge in [-0.2, -0.15) is 0 Å². The van der Waals surface area contributed by atoms with Crippen LogP contribution in [0.25, 0.3) is 0 Å². The van der Waals surface area contributed by atoms with E-state index < -0.39 is 0 Å². The van der Waals surface area contributed by atoms with Crippen LogP contribution in [0.3, 0.4) is 0 Å². The van der Waals surface area contributed by atoms with Crippen LogP contribution in [0.5, 0.6) is 0 Å². The Morgan fingerprint density at radius 2 is 2.00 bits per heavy atom. The minimum Gasteiger partial charge on any atom is -0.397 e. The monoisotopic (exact) mass is 446 g/mol. The third-order valence-electron chi connectivity index (χ3n) is 5.02. The number of aliphatic imine (C=N–C) groups is 1. The first kappa shape index (κ1) is 32.2.